The van der Waals surface area contributed by atoms with E-state index in [1.807, 2.05) is 37.3 Å². The van der Waals surface area contributed by atoms with E-state index < -0.39 is 11.4 Å². The first-order valence-electron chi connectivity index (χ1n) is 8.98. The van der Waals surface area contributed by atoms with E-state index >= 15 is 0 Å². The molecule has 6 heteroatoms. The molecule has 0 radical (unpaired) electrons. The Balaban J connectivity index is 1.75. The van der Waals surface area contributed by atoms with Crippen LogP contribution in [-0.4, -0.2) is 40.1 Å². The summed E-state index contributed by atoms with van der Waals surface area (Å²) in [4.78, 5) is 26.6. The highest BCUT2D eigenvalue weighted by Gasteiger charge is 2.43. The van der Waals surface area contributed by atoms with Crippen molar-refractivity contribution in [3.05, 3.63) is 52.9 Å². The van der Waals surface area contributed by atoms with Gasteiger partial charge in [0.1, 0.15) is 11.3 Å². The van der Waals surface area contributed by atoms with E-state index in [4.69, 9.17) is 4.52 Å². The number of hydrogen-bond acceptors (Lipinski definition) is 4. The number of rotatable bonds is 5. The number of nitrogens with zero attached hydrogens (tertiary/aromatic N) is 2. The van der Waals surface area contributed by atoms with Crippen LogP contribution in [0.5, 0.6) is 0 Å². The summed E-state index contributed by atoms with van der Waals surface area (Å²) in [6.07, 6.45) is 1.99. The Morgan fingerprint density at radius 1 is 1.23 bits per heavy atom. The minimum absolute atomic E-state index is 0.112. The number of aryl methyl sites for hydroxylation is 2. The van der Waals surface area contributed by atoms with E-state index in [1.54, 1.807) is 11.8 Å². The molecule has 3 rings (SSSR count). The molecule has 1 fully saturated rings. The van der Waals surface area contributed by atoms with Crippen molar-refractivity contribution < 1.29 is 19.2 Å². The third-order valence-electron chi connectivity index (χ3n) is 5.33. The Morgan fingerprint density at radius 3 is 2.46 bits per heavy atom. The van der Waals surface area contributed by atoms with E-state index in [-0.39, 0.29) is 5.91 Å². The summed E-state index contributed by atoms with van der Waals surface area (Å²) in [6, 6.07) is 9.67. The molecule has 0 unspecified atom stereocenters. The molecule has 138 valence electrons. The van der Waals surface area contributed by atoms with Crippen LogP contribution in [0.4, 0.5) is 0 Å². The zero-order valence-corrected chi connectivity index (χ0v) is 15.2. The van der Waals surface area contributed by atoms with Gasteiger partial charge >= 0.3 is 5.97 Å². The van der Waals surface area contributed by atoms with Crippen molar-refractivity contribution in [2.24, 2.45) is 5.41 Å². The Kier molecular flexibility index (Phi) is 5.11. The number of benzene rings is 1. The second kappa shape index (κ2) is 7.32. The molecule has 1 saturated heterocycles. The summed E-state index contributed by atoms with van der Waals surface area (Å²) in [6.45, 7) is 4.51. The number of aliphatic carboxylic acids is 1. The van der Waals surface area contributed by atoms with Gasteiger partial charge in [0, 0.05) is 13.1 Å². The van der Waals surface area contributed by atoms with Gasteiger partial charge in [0.05, 0.1) is 11.1 Å². The van der Waals surface area contributed by atoms with Crippen LogP contribution in [0.2, 0.25) is 0 Å². The van der Waals surface area contributed by atoms with Gasteiger partial charge in [0.25, 0.3) is 5.91 Å². The number of hydrogen-bond donors (Lipinski definition) is 1. The van der Waals surface area contributed by atoms with Crippen LogP contribution in [-0.2, 0) is 17.6 Å². The number of carbonyl (C=O) groups is 2. The maximum absolute atomic E-state index is 12.9. The summed E-state index contributed by atoms with van der Waals surface area (Å²) >= 11 is 0. The topological polar surface area (TPSA) is 83.6 Å². The molecule has 6 nitrogen and oxygen atoms in total. The van der Waals surface area contributed by atoms with Crippen molar-refractivity contribution in [3.8, 4) is 0 Å². The molecule has 2 aromatic rings. The fourth-order valence-electron chi connectivity index (χ4n) is 3.68. The number of carboxylic acid groups (broad SMARTS) is 1. The van der Waals surface area contributed by atoms with Crippen LogP contribution in [0.15, 0.2) is 34.9 Å². The fourth-order valence-corrected chi connectivity index (χ4v) is 3.68. The van der Waals surface area contributed by atoms with Crippen molar-refractivity contribution in [2.75, 3.05) is 13.1 Å². The van der Waals surface area contributed by atoms with E-state index in [2.05, 4.69) is 5.16 Å². The molecule has 1 N–H and O–H groups in total. The lowest BCUT2D eigenvalue weighted by molar-refractivity contribution is -0.151. The summed E-state index contributed by atoms with van der Waals surface area (Å²) in [7, 11) is 0. The second-order valence-electron chi connectivity index (χ2n) is 6.95. The molecule has 1 amide bonds. The molecule has 1 aromatic heterocycles. The van der Waals surface area contributed by atoms with Crippen molar-refractivity contribution in [1.82, 2.24) is 10.1 Å². The van der Waals surface area contributed by atoms with Crippen molar-refractivity contribution >= 4 is 11.9 Å². The van der Waals surface area contributed by atoms with Crippen LogP contribution in [0.25, 0.3) is 0 Å². The van der Waals surface area contributed by atoms with Crippen LogP contribution < -0.4 is 0 Å². The highest BCUT2D eigenvalue weighted by atomic mass is 16.5. The standard InChI is InChI=1S/C20H24N2O4/c1-3-16-17(14(2)26-21-16)18(23)22-11-9-20(10-12-22,19(24)25)13-15-7-5-4-6-8-15/h4-8H,3,9-13H2,1-2H3,(H,24,25). The fraction of sp³-hybridized carbons (Fsp3) is 0.450. The van der Waals surface area contributed by atoms with Crippen molar-refractivity contribution in [1.29, 1.82) is 0 Å². The van der Waals surface area contributed by atoms with Crippen LogP contribution in [0.3, 0.4) is 0 Å². The second-order valence-corrected chi connectivity index (χ2v) is 6.95. The minimum Gasteiger partial charge on any atom is -0.481 e. The molecule has 1 aromatic carbocycles. The molecule has 0 bridgehead atoms. The normalized spacial score (nSPS) is 16.5. The quantitative estimate of drug-likeness (QED) is 0.890. The number of aromatic nitrogens is 1. The Morgan fingerprint density at radius 2 is 1.88 bits per heavy atom. The summed E-state index contributed by atoms with van der Waals surface area (Å²) in [5, 5.41) is 13.8. The van der Waals surface area contributed by atoms with Gasteiger partial charge in [0.2, 0.25) is 0 Å². The largest absolute Gasteiger partial charge is 0.481 e. The van der Waals surface area contributed by atoms with Crippen molar-refractivity contribution in [3.63, 3.8) is 0 Å². The zero-order chi connectivity index (χ0) is 18.7. The van der Waals surface area contributed by atoms with Gasteiger partial charge in [-0.15, -0.1) is 0 Å². The lowest BCUT2D eigenvalue weighted by atomic mass is 9.73. The van der Waals surface area contributed by atoms with Gasteiger partial charge < -0.3 is 14.5 Å². The minimum atomic E-state index is -0.824. The maximum atomic E-state index is 12.9. The predicted octanol–water partition coefficient (Wildman–Crippen LogP) is 3.10. The van der Waals surface area contributed by atoms with E-state index in [9.17, 15) is 14.7 Å². The number of carbonyl (C=O) groups excluding carboxylic acids is 1. The number of piperidine rings is 1. The smallest absolute Gasteiger partial charge is 0.310 e. The number of likely N-dealkylation sites (tertiary alicyclic amines) is 1. The lowest BCUT2D eigenvalue weighted by Gasteiger charge is -2.39. The number of amides is 1. The first kappa shape index (κ1) is 18.2. The van der Waals surface area contributed by atoms with E-state index in [1.165, 1.54) is 0 Å². The molecule has 0 spiro atoms. The molecule has 0 aliphatic carbocycles. The third kappa shape index (κ3) is 3.36. The Hall–Kier alpha value is -2.63. The van der Waals surface area contributed by atoms with Crippen LogP contribution >= 0.6 is 0 Å². The molecular weight excluding hydrogens is 332 g/mol. The maximum Gasteiger partial charge on any atom is 0.310 e. The van der Waals surface area contributed by atoms with E-state index in [0.717, 1.165) is 5.56 Å². The van der Waals surface area contributed by atoms with Gasteiger partial charge in [-0.25, -0.2) is 0 Å². The molecule has 1 aliphatic rings. The monoisotopic (exact) mass is 356 g/mol. The molecular formula is C20H24N2O4. The van der Waals surface area contributed by atoms with Crippen molar-refractivity contribution in [2.45, 2.75) is 39.5 Å². The lowest BCUT2D eigenvalue weighted by Crippen LogP contribution is -2.47. The first-order valence-corrected chi connectivity index (χ1v) is 8.98. The van der Waals surface area contributed by atoms with Gasteiger partial charge in [-0.3, -0.25) is 9.59 Å². The van der Waals surface area contributed by atoms with Gasteiger partial charge in [-0.1, -0.05) is 42.4 Å². The summed E-state index contributed by atoms with van der Waals surface area (Å²) < 4.78 is 5.17. The molecule has 1 aliphatic heterocycles. The highest BCUT2D eigenvalue weighted by molar-refractivity contribution is 5.96. The average molecular weight is 356 g/mol. The van der Waals surface area contributed by atoms with Crippen LogP contribution in [0, 0.1) is 12.3 Å². The van der Waals surface area contributed by atoms with Gasteiger partial charge in [0.15, 0.2) is 0 Å². The molecule has 0 saturated carbocycles. The zero-order valence-electron chi connectivity index (χ0n) is 15.2. The average Bonchev–Trinajstić information content (AvgIpc) is 3.03. The highest BCUT2D eigenvalue weighted by Crippen LogP contribution is 2.36. The predicted molar refractivity (Wildman–Crippen MR) is 96.0 cm³/mol. The van der Waals surface area contributed by atoms with E-state index in [0.29, 0.717) is 55.8 Å². The molecule has 2 heterocycles. The summed E-state index contributed by atoms with van der Waals surface area (Å²) in [5.41, 5.74) is 1.37. The third-order valence-corrected chi connectivity index (χ3v) is 5.33. The first-order chi connectivity index (χ1) is 12.5. The van der Waals surface area contributed by atoms with Gasteiger partial charge in [-0.05, 0) is 38.2 Å². The van der Waals surface area contributed by atoms with Crippen LogP contribution in [0.1, 0.15) is 47.1 Å². The Bertz CT molecular complexity index is 789. The SMILES string of the molecule is CCc1noc(C)c1C(=O)N1CCC(Cc2ccccc2)(C(=O)O)CC1. The molecule has 26 heavy (non-hydrogen) atoms. The van der Waals surface area contributed by atoms with Gasteiger partial charge in [-0.2, -0.15) is 0 Å². The Labute approximate surface area is 152 Å². The summed E-state index contributed by atoms with van der Waals surface area (Å²) in [5.74, 6) is -0.380. The number of carboxylic acids is 1. The molecule has 0 atom stereocenters.